The van der Waals surface area contributed by atoms with Gasteiger partial charge < -0.3 is 14.4 Å². The van der Waals surface area contributed by atoms with Crippen LogP contribution in [0.1, 0.15) is 40.6 Å². The van der Waals surface area contributed by atoms with Crippen molar-refractivity contribution < 1.29 is 14.3 Å². The highest BCUT2D eigenvalue weighted by Gasteiger charge is 2.29. The number of benzene rings is 1. The Hall–Kier alpha value is -2.27. The van der Waals surface area contributed by atoms with Crippen molar-refractivity contribution in [2.24, 2.45) is 0 Å². The van der Waals surface area contributed by atoms with E-state index >= 15 is 0 Å². The number of carbonyl (C=O) groups excluding carboxylic acids is 1. The maximum absolute atomic E-state index is 12.7. The van der Waals surface area contributed by atoms with Gasteiger partial charge in [0.25, 0.3) is 0 Å². The third-order valence-electron chi connectivity index (χ3n) is 4.84. The van der Waals surface area contributed by atoms with Crippen LogP contribution in [0.4, 0.5) is 0 Å². The fourth-order valence-electron chi connectivity index (χ4n) is 3.56. The number of likely N-dealkylation sites (tertiary alicyclic amines) is 1. The quantitative estimate of drug-likeness (QED) is 0.743. The zero-order chi connectivity index (χ0) is 17.9. The van der Waals surface area contributed by atoms with E-state index in [9.17, 15) is 4.79 Å². The lowest BCUT2D eigenvalue weighted by Gasteiger charge is -2.24. The van der Waals surface area contributed by atoms with Crippen molar-refractivity contribution in [1.82, 2.24) is 4.90 Å². The highest BCUT2D eigenvalue weighted by atomic mass is 32.1. The Morgan fingerprint density at radius 1 is 1.15 bits per heavy atom. The van der Waals surface area contributed by atoms with Crippen molar-refractivity contribution in [2.75, 3.05) is 19.8 Å². The van der Waals surface area contributed by atoms with Gasteiger partial charge in [-0.3, -0.25) is 4.79 Å². The summed E-state index contributed by atoms with van der Waals surface area (Å²) in [5.41, 5.74) is 1.13. The first-order valence-electron chi connectivity index (χ1n) is 9.15. The topological polar surface area (TPSA) is 38.8 Å². The molecule has 1 aromatic heterocycles. The van der Waals surface area contributed by atoms with Crippen molar-refractivity contribution in [3.8, 4) is 11.5 Å². The summed E-state index contributed by atoms with van der Waals surface area (Å²) in [6.07, 6.45) is 6.52. The first-order chi connectivity index (χ1) is 12.7. The summed E-state index contributed by atoms with van der Waals surface area (Å²) < 4.78 is 11.5. The number of amides is 1. The van der Waals surface area contributed by atoms with Crippen LogP contribution < -0.4 is 9.47 Å². The van der Waals surface area contributed by atoms with Crippen LogP contribution >= 0.6 is 11.3 Å². The molecule has 136 valence electrons. The van der Waals surface area contributed by atoms with Crippen molar-refractivity contribution in [3.05, 3.63) is 51.7 Å². The molecule has 0 aliphatic carbocycles. The van der Waals surface area contributed by atoms with E-state index < -0.39 is 0 Å². The van der Waals surface area contributed by atoms with Crippen LogP contribution in [0.25, 0.3) is 6.08 Å². The Morgan fingerprint density at radius 3 is 2.81 bits per heavy atom. The molecule has 0 spiro atoms. The summed E-state index contributed by atoms with van der Waals surface area (Å²) in [7, 11) is 0. The largest absolute Gasteiger partial charge is 0.490 e. The van der Waals surface area contributed by atoms with Gasteiger partial charge in [0.05, 0.1) is 19.3 Å². The molecule has 2 aliphatic heterocycles. The van der Waals surface area contributed by atoms with Gasteiger partial charge in [-0.1, -0.05) is 6.07 Å². The summed E-state index contributed by atoms with van der Waals surface area (Å²) in [6.45, 7) is 4.23. The molecule has 0 radical (unpaired) electrons. The minimum Gasteiger partial charge on any atom is -0.490 e. The molecule has 4 nitrogen and oxygen atoms in total. The molecule has 1 amide bonds. The fraction of sp³-hybridized carbons (Fsp3) is 0.381. The first kappa shape index (κ1) is 17.2. The molecule has 26 heavy (non-hydrogen) atoms. The van der Waals surface area contributed by atoms with Crippen LogP contribution in [0.5, 0.6) is 11.5 Å². The second-order valence-electron chi connectivity index (χ2n) is 6.73. The minimum atomic E-state index is 0.0747. The van der Waals surface area contributed by atoms with Crippen molar-refractivity contribution in [3.63, 3.8) is 0 Å². The van der Waals surface area contributed by atoms with Crippen LogP contribution in [-0.4, -0.2) is 30.6 Å². The minimum absolute atomic E-state index is 0.0747. The zero-order valence-corrected chi connectivity index (χ0v) is 15.8. The molecule has 1 saturated heterocycles. The van der Waals surface area contributed by atoms with Gasteiger partial charge in [-0.25, -0.2) is 0 Å². The van der Waals surface area contributed by atoms with Crippen LogP contribution in [0.2, 0.25) is 0 Å². The Labute approximate surface area is 158 Å². The van der Waals surface area contributed by atoms with Crippen LogP contribution in [0.15, 0.2) is 36.4 Å². The van der Waals surface area contributed by atoms with Crippen LogP contribution in [-0.2, 0) is 4.79 Å². The SMILES string of the molecule is Cc1ccc(C=CC(=O)N2CCCC2c2ccc3c(c2)OCCCO3)s1. The maximum Gasteiger partial charge on any atom is 0.247 e. The molecular formula is C21H23NO3S. The van der Waals surface area contributed by atoms with E-state index in [-0.39, 0.29) is 11.9 Å². The number of fused-ring (bicyclic) bond motifs is 1. The van der Waals surface area contributed by atoms with Gasteiger partial charge in [0.1, 0.15) is 0 Å². The van der Waals surface area contributed by atoms with E-state index in [1.54, 1.807) is 17.4 Å². The number of hydrogen-bond donors (Lipinski definition) is 0. The smallest absolute Gasteiger partial charge is 0.247 e. The maximum atomic E-state index is 12.7. The van der Waals surface area contributed by atoms with E-state index in [4.69, 9.17) is 9.47 Å². The van der Waals surface area contributed by atoms with Crippen molar-refractivity contribution in [2.45, 2.75) is 32.2 Å². The highest BCUT2D eigenvalue weighted by Crippen LogP contribution is 2.38. The van der Waals surface area contributed by atoms with Crippen LogP contribution in [0, 0.1) is 6.92 Å². The summed E-state index contributed by atoms with van der Waals surface area (Å²) in [4.78, 5) is 17.1. The lowest BCUT2D eigenvalue weighted by molar-refractivity contribution is -0.126. The third kappa shape index (κ3) is 3.63. The number of hydrogen-bond acceptors (Lipinski definition) is 4. The lowest BCUT2D eigenvalue weighted by atomic mass is 10.0. The number of aryl methyl sites for hydroxylation is 1. The molecule has 4 rings (SSSR count). The lowest BCUT2D eigenvalue weighted by Crippen LogP contribution is -2.28. The predicted molar refractivity (Wildman–Crippen MR) is 104 cm³/mol. The Bertz CT molecular complexity index is 826. The molecule has 0 bridgehead atoms. The molecule has 1 atom stereocenters. The third-order valence-corrected chi connectivity index (χ3v) is 5.81. The highest BCUT2D eigenvalue weighted by molar-refractivity contribution is 7.12. The molecule has 1 aromatic carbocycles. The fourth-order valence-corrected chi connectivity index (χ4v) is 4.34. The van der Waals surface area contributed by atoms with Crippen molar-refractivity contribution >= 4 is 23.3 Å². The number of nitrogens with zero attached hydrogens (tertiary/aromatic N) is 1. The van der Waals surface area contributed by atoms with Gasteiger partial charge >= 0.3 is 0 Å². The molecular weight excluding hydrogens is 346 g/mol. The molecule has 2 aliphatic rings. The molecule has 5 heteroatoms. The molecule has 2 aromatic rings. The van der Waals surface area contributed by atoms with Crippen LogP contribution in [0.3, 0.4) is 0 Å². The first-order valence-corrected chi connectivity index (χ1v) is 9.97. The number of ether oxygens (including phenoxy) is 2. The second kappa shape index (κ2) is 7.54. The number of carbonyl (C=O) groups is 1. The average Bonchev–Trinajstić information content (AvgIpc) is 3.23. The number of thiophene rings is 1. The monoisotopic (exact) mass is 369 g/mol. The molecule has 0 saturated carbocycles. The van der Waals surface area contributed by atoms with E-state index in [1.165, 1.54) is 4.88 Å². The second-order valence-corrected chi connectivity index (χ2v) is 8.05. The van der Waals surface area contributed by atoms with Gasteiger partial charge in [0.2, 0.25) is 5.91 Å². The molecule has 0 N–H and O–H groups in total. The normalized spacial score (nSPS) is 19.7. The Kier molecular flexibility index (Phi) is 4.98. The molecule has 1 fully saturated rings. The average molecular weight is 369 g/mol. The van der Waals surface area contributed by atoms with Gasteiger partial charge in [0.15, 0.2) is 11.5 Å². The van der Waals surface area contributed by atoms with Gasteiger partial charge in [-0.15, -0.1) is 11.3 Å². The van der Waals surface area contributed by atoms with E-state index in [1.807, 2.05) is 23.1 Å². The standard InChI is InChI=1S/C21H23NO3S/c1-15-5-7-17(26-15)8-10-21(23)22-11-2-4-18(22)16-6-9-19-20(14-16)25-13-3-12-24-19/h5-10,14,18H,2-4,11-13H2,1H3. The zero-order valence-electron chi connectivity index (χ0n) is 14.9. The van der Waals surface area contributed by atoms with E-state index in [2.05, 4.69) is 25.1 Å². The molecule has 3 heterocycles. The van der Waals surface area contributed by atoms with Gasteiger partial charge in [0, 0.05) is 28.8 Å². The van der Waals surface area contributed by atoms with E-state index in [0.717, 1.165) is 47.7 Å². The summed E-state index contributed by atoms with van der Waals surface area (Å²) in [5, 5.41) is 0. The molecule has 1 unspecified atom stereocenters. The Balaban J connectivity index is 1.52. The summed E-state index contributed by atoms with van der Waals surface area (Å²) in [6, 6.07) is 10.3. The number of rotatable bonds is 3. The van der Waals surface area contributed by atoms with Gasteiger partial charge in [-0.05, 0) is 55.7 Å². The van der Waals surface area contributed by atoms with Crippen molar-refractivity contribution in [1.29, 1.82) is 0 Å². The summed E-state index contributed by atoms with van der Waals surface area (Å²) >= 11 is 1.70. The predicted octanol–water partition coefficient (Wildman–Crippen LogP) is 4.59. The van der Waals surface area contributed by atoms with Gasteiger partial charge in [-0.2, -0.15) is 0 Å². The Morgan fingerprint density at radius 2 is 2.00 bits per heavy atom. The summed E-state index contributed by atoms with van der Waals surface area (Å²) in [5.74, 6) is 1.67. The van der Waals surface area contributed by atoms with E-state index in [0.29, 0.717) is 13.2 Å².